The van der Waals surface area contributed by atoms with E-state index in [0.29, 0.717) is 16.9 Å². The van der Waals surface area contributed by atoms with Gasteiger partial charge < -0.3 is 9.94 Å². The fourth-order valence-corrected chi connectivity index (χ4v) is 0.634. The SMILES string of the molecule is CCO/C(CI)=N\O. The average Bonchev–Trinajstić information content (AvgIpc) is 1.83. The van der Waals surface area contributed by atoms with Crippen molar-refractivity contribution in [3.63, 3.8) is 0 Å². The van der Waals surface area contributed by atoms with Crippen LogP contribution in [0.3, 0.4) is 0 Å². The summed E-state index contributed by atoms with van der Waals surface area (Å²) in [6, 6.07) is 0. The second kappa shape index (κ2) is 5.14. The maximum atomic E-state index is 8.12. The van der Waals surface area contributed by atoms with E-state index in [2.05, 4.69) is 27.7 Å². The minimum absolute atomic E-state index is 0.383. The Balaban J connectivity index is 3.38. The Hall–Kier alpha value is -0.0000000000000000555. The fourth-order valence-electron chi connectivity index (χ4n) is 0.261. The van der Waals surface area contributed by atoms with Crippen LogP contribution in [-0.4, -0.2) is 22.1 Å². The van der Waals surface area contributed by atoms with Crippen molar-refractivity contribution in [1.82, 2.24) is 0 Å². The van der Waals surface area contributed by atoms with E-state index in [4.69, 9.17) is 9.94 Å². The Kier molecular flexibility index (Phi) is 5.14. The van der Waals surface area contributed by atoms with Crippen LogP contribution < -0.4 is 0 Å². The Morgan fingerprint density at radius 2 is 2.50 bits per heavy atom. The molecule has 0 amide bonds. The standard InChI is InChI=1S/C4H8INO2/c1-2-8-4(3-5)6-7/h7H,2-3H2,1H3/b6-4-. The van der Waals surface area contributed by atoms with Gasteiger partial charge in [-0.2, -0.15) is 0 Å². The average molecular weight is 229 g/mol. The number of hydrogen-bond acceptors (Lipinski definition) is 3. The number of hydrogen-bond donors (Lipinski definition) is 1. The molecule has 0 atom stereocenters. The lowest BCUT2D eigenvalue weighted by Crippen LogP contribution is -2.04. The van der Waals surface area contributed by atoms with Gasteiger partial charge in [0.1, 0.15) is 0 Å². The summed E-state index contributed by atoms with van der Waals surface area (Å²) >= 11 is 2.06. The van der Waals surface area contributed by atoms with Gasteiger partial charge in [0.15, 0.2) is 0 Å². The third-order valence-electron chi connectivity index (χ3n) is 0.537. The first kappa shape index (κ1) is 8.00. The van der Waals surface area contributed by atoms with Gasteiger partial charge in [-0.15, -0.1) is 0 Å². The molecule has 0 saturated carbocycles. The Morgan fingerprint density at radius 3 is 2.62 bits per heavy atom. The molecule has 0 aliphatic heterocycles. The number of halogens is 1. The molecule has 0 heterocycles. The molecule has 3 nitrogen and oxygen atoms in total. The first-order valence-corrected chi connectivity index (χ1v) is 3.77. The molecule has 0 aromatic rings. The predicted octanol–water partition coefficient (Wildman–Crippen LogP) is 1.25. The lowest BCUT2D eigenvalue weighted by atomic mass is 10.7. The van der Waals surface area contributed by atoms with Crippen LogP contribution in [0.4, 0.5) is 0 Å². The molecule has 0 radical (unpaired) electrons. The van der Waals surface area contributed by atoms with Gasteiger partial charge in [0.05, 0.1) is 11.0 Å². The van der Waals surface area contributed by atoms with Gasteiger partial charge >= 0.3 is 0 Å². The molecule has 0 fully saturated rings. The van der Waals surface area contributed by atoms with Crippen molar-refractivity contribution in [2.45, 2.75) is 6.92 Å². The van der Waals surface area contributed by atoms with Crippen LogP contribution in [0.15, 0.2) is 5.16 Å². The van der Waals surface area contributed by atoms with E-state index in [1.54, 1.807) is 0 Å². The highest BCUT2D eigenvalue weighted by molar-refractivity contribution is 14.1. The predicted molar refractivity (Wildman–Crippen MR) is 39.7 cm³/mol. The first-order valence-electron chi connectivity index (χ1n) is 2.24. The summed E-state index contributed by atoms with van der Waals surface area (Å²) in [6.45, 7) is 2.40. The van der Waals surface area contributed by atoms with Crippen LogP contribution in [-0.2, 0) is 4.74 Å². The zero-order chi connectivity index (χ0) is 6.41. The zero-order valence-corrected chi connectivity index (χ0v) is 6.75. The summed E-state index contributed by atoms with van der Waals surface area (Å²) in [5.74, 6) is 0.383. The Bertz CT molecular complexity index is 84.1. The van der Waals surface area contributed by atoms with Crippen molar-refractivity contribution >= 4 is 28.5 Å². The van der Waals surface area contributed by atoms with E-state index in [0.717, 1.165) is 0 Å². The van der Waals surface area contributed by atoms with E-state index >= 15 is 0 Å². The monoisotopic (exact) mass is 229 g/mol. The quantitative estimate of drug-likeness (QED) is 0.193. The lowest BCUT2D eigenvalue weighted by Gasteiger charge is -1.98. The van der Waals surface area contributed by atoms with Crippen LogP contribution in [0.1, 0.15) is 6.92 Å². The van der Waals surface area contributed by atoms with Crippen LogP contribution in [0.5, 0.6) is 0 Å². The van der Waals surface area contributed by atoms with Gasteiger partial charge in [-0.1, -0.05) is 27.7 Å². The Morgan fingerprint density at radius 1 is 1.88 bits per heavy atom. The van der Waals surface area contributed by atoms with Crippen molar-refractivity contribution in [2.75, 3.05) is 11.0 Å². The van der Waals surface area contributed by atoms with E-state index in [1.165, 1.54) is 0 Å². The topological polar surface area (TPSA) is 41.8 Å². The molecule has 0 aromatic heterocycles. The van der Waals surface area contributed by atoms with Crippen LogP contribution in [0.2, 0.25) is 0 Å². The summed E-state index contributed by atoms with van der Waals surface area (Å²) in [4.78, 5) is 0. The molecule has 48 valence electrons. The molecule has 0 spiro atoms. The van der Waals surface area contributed by atoms with E-state index < -0.39 is 0 Å². The third kappa shape index (κ3) is 3.06. The summed E-state index contributed by atoms with van der Waals surface area (Å²) < 4.78 is 5.45. The van der Waals surface area contributed by atoms with Crippen LogP contribution >= 0.6 is 22.6 Å². The second-order valence-corrected chi connectivity index (χ2v) is 1.82. The van der Waals surface area contributed by atoms with Crippen molar-refractivity contribution < 1.29 is 9.94 Å². The first-order chi connectivity index (χ1) is 3.85. The molecular formula is C4H8INO2. The second-order valence-electron chi connectivity index (χ2n) is 1.06. The third-order valence-corrected chi connectivity index (χ3v) is 1.19. The zero-order valence-electron chi connectivity index (χ0n) is 4.59. The molecule has 4 heteroatoms. The van der Waals surface area contributed by atoms with E-state index in [-0.39, 0.29) is 0 Å². The number of ether oxygens (including phenoxy) is 1. The summed E-state index contributed by atoms with van der Waals surface area (Å²) in [5.41, 5.74) is 0. The molecule has 0 aliphatic rings. The number of rotatable bonds is 2. The minimum Gasteiger partial charge on any atom is -0.478 e. The highest BCUT2D eigenvalue weighted by atomic mass is 127. The largest absolute Gasteiger partial charge is 0.478 e. The fraction of sp³-hybridized carbons (Fsp3) is 0.750. The van der Waals surface area contributed by atoms with E-state index in [9.17, 15) is 0 Å². The smallest absolute Gasteiger partial charge is 0.235 e. The number of nitrogens with zero attached hydrogens (tertiary/aromatic N) is 1. The van der Waals surface area contributed by atoms with Gasteiger partial charge in [0.25, 0.3) is 0 Å². The molecule has 8 heavy (non-hydrogen) atoms. The van der Waals surface area contributed by atoms with Gasteiger partial charge in [-0.3, -0.25) is 0 Å². The summed E-state index contributed by atoms with van der Waals surface area (Å²) in [7, 11) is 0. The minimum atomic E-state index is 0.383. The van der Waals surface area contributed by atoms with Crippen molar-refractivity contribution in [3.8, 4) is 0 Å². The number of alkyl halides is 1. The van der Waals surface area contributed by atoms with Gasteiger partial charge in [0, 0.05) is 0 Å². The molecule has 0 rings (SSSR count). The Labute approximate surface area is 61.9 Å². The van der Waals surface area contributed by atoms with Crippen molar-refractivity contribution in [3.05, 3.63) is 0 Å². The molecule has 0 unspecified atom stereocenters. The highest BCUT2D eigenvalue weighted by Crippen LogP contribution is 1.87. The maximum Gasteiger partial charge on any atom is 0.235 e. The van der Waals surface area contributed by atoms with Gasteiger partial charge in [-0.05, 0) is 6.92 Å². The molecule has 0 aromatic carbocycles. The molecule has 0 bridgehead atoms. The highest BCUT2D eigenvalue weighted by Gasteiger charge is 1.92. The normalized spacial score (nSPS) is 11.5. The lowest BCUT2D eigenvalue weighted by molar-refractivity contribution is 0.264. The van der Waals surface area contributed by atoms with Crippen molar-refractivity contribution in [1.29, 1.82) is 0 Å². The molecule has 0 aliphatic carbocycles. The van der Waals surface area contributed by atoms with E-state index in [1.807, 2.05) is 6.92 Å². The van der Waals surface area contributed by atoms with Crippen molar-refractivity contribution in [2.24, 2.45) is 5.16 Å². The molecule has 1 N–H and O–H groups in total. The van der Waals surface area contributed by atoms with Crippen LogP contribution in [0, 0.1) is 0 Å². The summed E-state index contributed by atoms with van der Waals surface area (Å²) in [5, 5.41) is 11.0. The van der Waals surface area contributed by atoms with Crippen LogP contribution in [0.25, 0.3) is 0 Å². The van der Waals surface area contributed by atoms with Gasteiger partial charge in [0.2, 0.25) is 5.90 Å². The number of oxime groups is 1. The summed E-state index contributed by atoms with van der Waals surface area (Å²) in [6.07, 6.45) is 0. The van der Waals surface area contributed by atoms with Gasteiger partial charge in [-0.25, -0.2) is 0 Å². The maximum absolute atomic E-state index is 8.12. The molecule has 0 saturated heterocycles. The molecular weight excluding hydrogens is 221 g/mol.